The highest BCUT2D eigenvalue weighted by atomic mass is 16.1. The van der Waals surface area contributed by atoms with Crippen LogP contribution in [-0.4, -0.2) is 28.5 Å². The normalized spacial score (nSPS) is 12.1. The molecule has 5 heteroatoms. The van der Waals surface area contributed by atoms with E-state index in [-0.39, 0.29) is 11.9 Å². The Morgan fingerprint density at radius 2 is 2.38 bits per heavy atom. The van der Waals surface area contributed by atoms with E-state index in [9.17, 15) is 4.79 Å². The van der Waals surface area contributed by atoms with E-state index in [2.05, 4.69) is 20.6 Å². The molecule has 2 N–H and O–H groups in total. The summed E-state index contributed by atoms with van der Waals surface area (Å²) >= 11 is 0. The second kappa shape index (κ2) is 6.90. The smallest absolute Gasteiger partial charge is 0.234 e. The van der Waals surface area contributed by atoms with E-state index in [1.165, 1.54) is 6.33 Å². The predicted octanol–water partition coefficient (Wildman–Crippen LogP) is 0.481. The highest BCUT2D eigenvalue weighted by Crippen LogP contribution is 1.89. The van der Waals surface area contributed by atoms with Crippen molar-refractivity contribution in [2.45, 2.75) is 32.9 Å². The number of hydrogen-bond donors (Lipinski definition) is 2. The van der Waals surface area contributed by atoms with Gasteiger partial charge >= 0.3 is 0 Å². The van der Waals surface area contributed by atoms with Gasteiger partial charge in [-0.15, -0.1) is 0 Å². The zero-order valence-electron chi connectivity index (χ0n) is 9.73. The molecule has 1 rings (SSSR count). The van der Waals surface area contributed by atoms with Crippen LogP contribution in [0.5, 0.6) is 0 Å². The van der Waals surface area contributed by atoms with Gasteiger partial charge in [-0.3, -0.25) is 4.79 Å². The maximum Gasteiger partial charge on any atom is 0.234 e. The van der Waals surface area contributed by atoms with Crippen LogP contribution in [0.15, 0.2) is 18.6 Å². The number of amides is 1. The molecule has 0 saturated carbocycles. The Labute approximate surface area is 95.7 Å². The minimum atomic E-state index is 0.0170. The topological polar surface area (TPSA) is 66.9 Å². The fraction of sp³-hybridized carbons (Fsp3) is 0.545. The van der Waals surface area contributed by atoms with Crippen LogP contribution in [0.4, 0.5) is 0 Å². The molecule has 1 aromatic rings. The van der Waals surface area contributed by atoms with Crippen molar-refractivity contribution in [1.82, 2.24) is 20.6 Å². The van der Waals surface area contributed by atoms with E-state index in [0.29, 0.717) is 13.1 Å². The minimum absolute atomic E-state index is 0.0170. The number of carbonyl (C=O) groups excluding carboxylic acids is 1. The Morgan fingerprint density at radius 3 is 3.00 bits per heavy atom. The van der Waals surface area contributed by atoms with E-state index in [1.807, 2.05) is 19.9 Å². The van der Waals surface area contributed by atoms with Gasteiger partial charge in [0.25, 0.3) is 0 Å². The molecular weight excluding hydrogens is 204 g/mol. The van der Waals surface area contributed by atoms with Gasteiger partial charge in [-0.05, 0) is 19.4 Å². The molecule has 5 nitrogen and oxygen atoms in total. The first-order valence-corrected chi connectivity index (χ1v) is 5.47. The van der Waals surface area contributed by atoms with Crippen LogP contribution in [0.2, 0.25) is 0 Å². The van der Waals surface area contributed by atoms with E-state index < -0.39 is 0 Å². The van der Waals surface area contributed by atoms with Crippen LogP contribution in [0.1, 0.15) is 26.0 Å². The van der Waals surface area contributed by atoms with Gasteiger partial charge in [0, 0.05) is 18.8 Å². The van der Waals surface area contributed by atoms with Gasteiger partial charge in [0.2, 0.25) is 5.91 Å². The summed E-state index contributed by atoms with van der Waals surface area (Å²) in [5.41, 5.74) is 0.881. The van der Waals surface area contributed by atoms with Gasteiger partial charge in [-0.2, -0.15) is 0 Å². The van der Waals surface area contributed by atoms with Gasteiger partial charge in [0.1, 0.15) is 6.33 Å². The first-order chi connectivity index (χ1) is 7.72. The van der Waals surface area contributed by atoms with E-state index in [1.54, 1.807) is 6.20 Å². The molecule has 0 aliphatic rings. The Hall–Kier alpha value is -1.49. The van der Waals surface area contributed by atoms with Gasteiger partial charge in [0.05, 0.1) is 12.2 Å². The van der Waals surface area contributed by atoms with Crippen molar-refractivity contribution in [2.75, 3.05) is 6.54 Å². The van der Waals surface area contributed by atoms with Crippen LogP contribution < -0.4 is 10.6 Å². The lowest BCUT2D eigenvalue weighted by atomic mass is 10.2. The molecule has 1 unspecified atom stereocenters. The lowest BCUT2D eigenvalue weighted by Gasteiger charge is -2.11. The monoisotopic (exact) mass is 222 g/mol. The molecule has 1 heterocycles. The van der Waals surface area contributed by atoms with E-state index in [4.69, 9.17) is 0 Å². The molecule has 1 aromatic heterocycles. The highest BCUT2D eigenvalue weighted by molar-refractivity contribution is 5.78. The number of nitrogens with one attached hydrogen (secondary N) is 2. The van der Waals surface area contributed by atoms with E-state index >= 15 is 0 Å². The first-order valence-electron chi connectivity index (χ1n) is 5.47. The molecule has 88 valence electrons. The van der Waals surface area contributed by atoms with Crippen molar-refractivity contribution in [2.24, 2.45) is 0 Å². The molecule has 0 aliphatic heterocycles. The van der Waals surface area contributed by atoms with Crippen LogP contribution in [-0.2, 0) is 11.3 Å². The quantitative estimate of drug-likeness (QED) is 0.734. The van der Waals surface area contributed by atoms with Crippen LogP contribution in [0, 0.1) is 0 Å². The molecule has 0 bridgehead atoms. The average Bonchev–Trinajstić information content (AvgIpc) is 2.30. The van der Waals surface area contributed by atoms with Crippen molar-refractivity contribution < 1.29 is 4.79 Å². The summed E-state index contributed by atoms with van der Waals surface area (Å²) in [6.45, 7) is 4.92. The lowest BCUT2D eigenvalue weighted by Crippen LogP contribution is -2.38. The molecular formula is C11H18N4O. The van der Waals surface area contributed by atoms with Gasteiger partial charge in [-0.1, -0.05) is 6.92 Å². The largest absolute Gasteiger partial charge is 0.353 e. The maximum absolute atomic E-state index is 11.4. The Kier molecular flexibility index (Phi) is 5.42. The van der Waals surface area contributed by atoms with Crippen molar-refractivity contribution in [3.63, 3.8) is 0 Å². The van der Waals surface area contributed by atoms with Crippen LogP contribution in [0.3, 0.4) is 0 Å². The first kappa shape index (κ1) is 12.6. The molecule has 1 amide bonds. The molecule has 0 aliphatic carbocycles. The summed E-state index contributed by atoms with van der Waals surface area (Å²) in [5, 5.41) is 5.91. The summed E-state index contributed by atoms with van der Waals surface area (Å²) in [6, 6.07) is 2.05. The van der Waals surface area contributed by atoms with Crippen molar-refractivity contribution in [3.05, 3.63) is 24.3 Å². The standard InChI is InChI=1S/C11H18N4O/c1-3-9(2)15-11(16)7-13-6-10-4-5-12-8-14-10/h4-5,8-9,13H,3,6-7H2,1-2H3,(H,15,16). The Bertz CT molecular complexity index is 315. The predicted molar refractivity (Wildman–Crippen MR) is 61.6 cm³/mol. The third kappa shape index (κ3) is 4.84. The maximum atomic E-state index is 11.4. The Balaban J connectivity index is 2.18. The summed E-state index contributed by atoms with van der Waals surface area (Å²) in [6.07, 6.45) is 4.12. The second-order valence-corrected chi connectivity index (χ2v) is 3.68. The molecule has 0 radical (unpaired) electrons. The van der Waals surface area contributed by atoms with Gasteiger partial charge in [-0.25, -0.2) is 9.97 Å². The van der Waals surface area contributed by atoms with Gasteiger partial charge in [0.15, 0.2) is 0 Å². The second-order valence-electron chi connectivity index (χ2n) is 3.68. The fourth-order valence-corrected chi connectivity index (χ4v) is 1.15. The summed E-state index contributed by atoms with van der Waals surface area (Å²) in [5.74, 6) is 0.0170. The van der Waals surface area contributed by atoms with Gasteiger partial charge < -0.3 is 10.6 Å². The minimum Gasteiger partial charge on any atom is -0.353 e. The zero-order chi connectivity index (χ0) is 11.8. The fourth-order valence-electron chi connectivity index (χ4n) is 1.15. The molecule has 0 spiro atoms. The third-order valence-corrected chi connectivity index (χ3v) is 2.25. The molecule has 0 saturated heterocycles. The van der Waals surface area contributed by atoms with Crippen LogP contribution in [0.25, 0.3) is 0 Å². The SMILES string of the molecule is CCC(C)NC(=O)CNCc1ccncn1. The molecule has 16 heavy (non-hydrogen) atoms. The van der Waals surface area contributed by atoms with Crippen LogP contribution >= 0.6 is 0 Å². The number of hydrogen-bond acceptors (Lipinski definition) is 4. The molecule has 1 atom stereocenters. The van der Waals surface area contributed by atoms with E-state index in [0.717, 1.165) is 12.1 Å². The highest BCUT2D eigenvalue weighted by Gasteiger charge is 2.04. The Morgan fingerprint density at radius 1 is 1.56 bits per heavy atom. The number of carbonyl (C=O) groups is 1. The number of nitrogens with zero attached hydrogens (tertiary/aromatic N) is 2. The average molecular weight is 222 g/mol. The lowest BCUT2D eigenvalue weighted by molar-refractivity contribution is -0.120. The number of aromatic nitrogens is 2. The van der Waals surface area contributed by atoms with Crippen molar-refractivity contribution in [1.29, 1.82) is 0 Å². The summed E-state index contributed by atoms with van der Waals surface area (Å²) in [7, 11) is 0. The van der Waals surface area contributed by atoms with Crippen molar-refractivity contribution >= 4 is 5.91 Å². The molecule has 0 aromatic carbocycles. The molecule has 0 fully saturated rings. The summed E-state index contributed by atoms with van der Waals surface area (Å²) in [4.78, 5) is 19.3. The van der Waals surface area contributed by atoms with Crippen molar-refractivity contribution in [3.8, 4) is 0 Å². The summed E-state index contributed by atoms with van der Waals surface area (Å²) < 4.78 is 0. The third-order valence-electron chi connectivity index (χ3n) is 2.25. The zero-order valence-corrected chi connectivity index (χ0v) is 9.73. The number of rotatable bonds is 6.